The summed E-state index contributed by atoms with van der Waals surface area (Å²) in [6.07, 6.45) is 2.58. The summed E-state index contributed by atoms with van der Waals surface area (Å²) in [6.45, 7) is 10.4. The first-order chi connectivity index (χ1) is 13.5. The van der Waals surface area contributed by atoms with Crippen molar-refractivity contribution in [3.8, 4) is 5.75 Å². The molecule has 1 atom stereocenters. The van der Waals surface area contributed by atoms with Crippen LogP contribution in [0.15, 0.2) is 27.7 Å². The number of hydrogen-bond acceptors (Lipinski definition) is 4. The SMILES string of the molecule is CN=C(NCc1ccc(C)cc1OCC1CC1)NCC(C)c1c(C)noc1C. The molecular formula is C22H32N4O2. The molecule has 0 bridgehead atoms. The van der Waals surface area contributed by atoms with Crippen LogP contribution in [0.4, 0.5) is 0 Å². The van der Waals surface area contributed by atoms with Crippen LogP contribution in [0.25, 0.3) is 0 Å². The van der Waals surface area contributed by atoms with Crippen molar-refractivity contribution in [1.29, 1.82) is 0 Å². The fraction of sp³-hybridized carbons (Fsp3) is 0.545. The van der Waals surface area contributed by atoms with Gasteiger partial charge in [-0.3, -0.25) is 4.99 Å². The number of nitrogens with zero attached hydrogens (tertiary/aromatic N) is 2. The standard InChI is InChI=1S/C22H32N4O2/c1-14-6-9-19(20(10-14)27-13-18-7-8-18)12-25-22(23-5)24-11-15(2)21-16(3)26-28-17(21)4/h6,9-10,15,18H,7-8,11-13H2,1-5H3,(H2,23,24,25). The first-order valence-corrected chi connectivity index (χ1v) is 10.1. The van der Waals surface area contributed by atoms with Gasteiger partial charge >= 0.3 is 0 Å². The lowest BCUT2D eigenvalue weighted by atomic mass is 10.00. The second-order valence-corrected chi connectivity index (χ2v) is 7.81. The van der Waals surface area contributed by atoms with E-state index in [2.05, 4.69) is 52.8 Å². The molecule has 0 amide bonds. The lowest BCUT2D eigenvalue weighted by Gasteiger charge is -2.17. The molecule has 1 saturated carbocycles. The van der Waals surface area contributed by atoms with E-state index in [1.54, 1.807) is 7.05 Å². The molecule has 1 aromatic heterocycles. The van der Waals surface area contributed by atoms with E-state index in [9.17, 15) is 0 Å². The van der Waals surface area contributed by atoms with Gasteiger partial charge in [-0.25, -0.2) is 0 Å². The van der Waals surface area contributed by atoms with E-state index in [4.69, 9.17) is 9.26 Å². The number of ether oxygens (including phenoxy) is 1. The zero-order chi connectivity index (χ0) is 20.1. The molecule has 0 saturated heterocycles. The third-order valence-corrected chi connectivity index (χ3v) is 5.22. The van der Waals surface area contributed by atoms with Crippen LogP contribution in [-0.4, -0.2) is 31.3 Å². The minimum atomic E-state index is 0.279. The summed E-state index contributed by atoms with van der Waals surface area (Å²) in [5, 5.41) is 10.8. The van der Waals surface area contributed by atoms with E-state index in [0.717, 1.165) is 53.4 Å². The highest BCUT2D eigenvalue weighted by molar-refractivity contribution is 5.79. The lowest BCUT2D eigenvalue weighted by molar-refractivity contribution is 0.296. The Hall–Kier alpha value is -2.50. The highest BCUT2D eigenvalue weighted by Crippen LogP contribution is 2.30. The fourth-order valence-electron chi connectivity index (χ4n) is 3.38. The third-order valence-electron chi connectivity index (χ3n) is 5.22. The zero-order valence-electron chi connectivity index (χ0n) is 17.6. The number of aromatic nitrogens is 1. The quantitative estimate of drug-likeness (QED) is 0.534. The van der Waals surface area contributed by atoms with Crippen molar-refractivity contribution in [2.24, 2.45) is 10.9 Å². The molecule has 1 aromatic carbocycles. The van der Waals surface area contributed by atoms with E-state index in [1.165, 1.54) is 18.4 Å². The molecule has 1 unspecified atom stereocenters. The average Bonchev–Trinajstić information content (AvgIpc) is 3.44. The molecule has 28 heavy (non-hydrogen) atoms. The summed E-state index contributed by atoms with van der Waals surface area (Å²) in [5.74, 6) is 3.64. The third kappa shape index (κ3) is 5.27. The molecule has 6 heteroatoms. The van der Waals surface area contributed by atoms with E-state index in [-0.39, 0.29) is 5.92 Å². The van der Waals surface area contributed by atoms with Gasteiger partial charge in [-0.15, -0.1) is 0 Å². The molecule has 0 radical (unpaired) electrons. The number of nitrogens with one attached hydrogen (secondary N) is 2. The summed E-state index contributed by atoms with van der Waals surface area (Å²) in [4.78, 5) is 4.35. The maximum Gasteiger partial charge on any atom is 0.191 e. The maximum atomic E-state index is 6.06. The number of guanidine groups is 1. The predicted octanol–water partition coefficient (Wildman–Crippen LogP) is 3.86. The molecule has 0 aliphatic heterocycles. The summed E-state index contributed by atoms with van der Waals surface area (Å²) < 4.78 is 11.3. The average molecular weight is 385 g/mol. The predicted molar refractivity (Wildman–Crippen MR) is 112 cm³/mol. The van der Waals surface area contributed by atoms with Crippen molar-refractivity contribution in [3.05, 3.63) is 46.3 Å². The first kappa shape index (κ1) is 20.2. The largest absolute Gasteiger partial charge is 0.493 e. The van der Waals surface area contributed by atoms with Crippen LogP contribution < -0.4 is 15.4 Å². The molecule has 152 valence electrons. The van der Waals surface area contributed by atoms with E-state index in [0.29, 0.717) is 6.54 Å². The second kappa shape index (κ2) is 9.13. The molecule has 1 aliphatic rings. The van der Waals surface area contributed by atoms with Gasteiger partial charge in [0.2, 0.25) is 0 Å². The van der Waals surface area contributed by atoms with E-state index < -0.39 is 0 Å². The number of benzene rings is 1. The summed E-state index contributed by atoms with van der Waals surface area (Å²) >= 11 is 0. The van der Waals surface area contributed by atoms with Crippen molar-refractivity contribution in [2.75, 3.05) is 20.2 Å². The Bertz CT molecular complexity index is 804. The van der Waals surface area contributed by atoms with Gasteiger partial charge in [0, 0.05) is 37.2 Å². The minimum absolute atomic E-state index is 0.279. The minimum Gasteiger partial charge on any atom is -0.493 e. The number of aliphatic imine (C=N–C) groups is 1. The van der Waals surface area contributed by atoms with Crippen LogP contribution in [-0.2, 0) is 6.54 Å². The molecule has 0 spiro atoms. The fourth-order valence-corrected chi connectivity index (χ4v) is 3.38. The second-order valence-electron chi connectivity index (χ2n) is 7.81. The maximum absolute atomic E-state index is 6.06. The van der Waals surface area contributed by atoms with E-state index >= 15 is 0 Å². The van der Waals surface area contributed by atoms with Crippen molar-refractivity contribution in [3.63, 3.8) is 0 Å². The smallest absolute Gasteiger partial charge is 0.191 e. The van der Waals surface area contributed by atoms with Gasteiger partial charge in [0.25, 0.3) is 0 Å². The normalized spacial score (nSPS) is 15.4. The van der Waals surface area contributed by atoms with Crippen LogP contribution in [0.1, 0.15) is 53.8 Å². The van der Waals surface area contributed by atoms with Crippen LogP contribution in [0, 0.1) is 26.7 Å². The van der Waals surface area contributed by atoms with Crippen molar-refractivity contribution in [2.45, 2.75) is 53.0 Å². The molecule has 2 N–H and O–H groups in total. The Morgan fingerprint density at radius 2 is 2.07 bits per heavy atom. The number of aryl methyl sites for hydroxylation is 3. The van der Waals surface area contributed by atoms with Gasteiger partial charge in [-0.2, -0.15) is 0 Å². The van der Waals surface area contributed by atoms with Crippen LogP contribution in [0.2, 0.25) is 0 Å². The highest BCUT2D eigenvalue weighted by Gasteiger charge is 2.22. The van der Waals surface area contributed by atoms with E-state index in [1.807, 2.05) is 13.8 Å². The van der Waals surface area contributed by atoms with Crippen LogP contribution >= 0.6 is 0 Å². The van der Waals surface area contributed by atoms with Crippen LogP contribution in [0.5, 0.6) is 5.75 Å². The Morgan fingerprint density at radius 3 is 2.71 bits per heavy atom. The molecule has 2 aromatic rings. The highest BCUT2D eigenvalue weighted by atomic mass is 16.5. The molecule has 1 aliphatic carbocycles. The summed E-state index contributed by atoms with van der Waals surface area (Å²) in [5.41, 5.74) is 4.47. The monoisotopic (exact) mass is 384 g/mol. The Balaban J connectivity index is 1.55. The van der Waals surface area contributed by atoms with Crippen molar-refractivity contribution >= 4 is 5.96 Å². The topological polar surface area (TPSA) is 71.7 Å². The molecule has 3 rings (SSSR count). The Kier molecular flexibility index (Phi) is 6.60. The molecular weight excluding hydrogens is 352 g/mol. The summed E-state index contributed by atoms with van der Waals surface area (Å²) in [7, 11) is 1.79. The molecule has 1 heterocycles. The van der Waals surface area contributed by atoms with Gasteiger partial charge in [0.1, 0.15) is 11.5 Å². The van der Waals surface area contributed by atoms with Crippen molar-refractivity contribution < 1.29 is 9.26 Å². The number of hydrogen-bond donors (Lipinski definition) is 2. The van der Waals surface area contributed by atoms with Gasteiger partial charge in [0.15, 0.2) is 5.96 Å². The lowest BCUT2D eigenvalue weighted by Crippen LogP contribution is -2.38. The van der Waals surface area contributed by atoms with Crippen LogP contribution in [0.3, 0.4) is 0 Å². The number of rotatable bonds is 8. The summed E-state index contributed by atoms with van der Waals surface area (Å²) in [6, 6.07) is 6.37. The Morgan fingerprint density at radius 1 is 1.29 bits per heavy atom. The molecule has 1 fully saturated rings. The van der Waals surface area contributed by atoms with Gasteiger partial charge in [-0.1, -0.05) is 24.2 Å². The Labute approximate surface area is 167 Å². The van der Waals surface area contributed by atoms with Gasteiger partial charge in [-0.05, 0) is 51.2 Å². The van der Waals surface area contributed by atoms with Gasteiger partial charge < -0.3 is 19.9 Å². The van der Waals surface area contributed by atoms with Gasteiger partial charge in [0.05, 0.1) is 12.3 Å². The van der Waals surface area contributed by atoms with Crippen molar-refractivity contribution in [1.82, 2.24) is 15.8 Å². The molecule has 6 nitrogen and oxygen atoms in total. The first-order valence-electron chi connectivity index (χ1n) is 10.1. The zero-order valence-corrected chi connectivity index (χ0v) is 17.6.